The van der Waals surface area contributed by atoms with Crippen molar-refractivity contribution in [3.63, 3.8) is 0 Å². The third kappa shape index (κ3) is 1.10. The Morgan fingerprint density at radius 1 is 1.75 bits per heavy atom. The summed E-state index contributed by atoms with van der Waals surface area (Å²) in [5, 5.41) is 2.05. The first-order chi connectivity index (χ1) is 3.83. The Bertz CT molecular complexity index is 173. The van der Waals surface area contributed by atoms with Crippen LogP contribution in [0.25, 0.3) is 0 Å². The van der Waals surface area contributed by atoms with Crippen molar-refractivity contribution in [3.05, 3.63) is 11.1 Å². The summed E-state index contributed by atoms with van der Waals surface area (Å²) in [6.45, 7) is 4.00. The minimum atomic E-state index is 1.11. The molecular weight excluding hydrogens is 117 g/mol. The number of rotatable bonds is 1. The summed E-state index contributed by atoms with van der Waals surface area (Å²) >= 11 is 1.68. The van der Waals surface area contributed by atoms with Crippen LogP contribution in [0, 0.1) is 6.92 Å². The quantitative estimate of drug-likeness (QED) is 0.505. The standard InChI is InChI=1S/C5H7BNS/c1-4-3-8-5(6-2)7-4/h3H,1-2H3. The molecule has 0 aromatic carbocycles. The van der Waals surface area contributed by atoms with E-state index in [1.165, 1.54) is 0 Å². The third-order valence-electron chi connectivity index (χ3n) is 0.884. The number of hydrogen-bond acceptors (Lipinski definition) is 2. The number of aromatic nitrogens is 1. The van der Waals surface area contributed by atoms with E-state index in [0.29, 0.717) is 0 Å². The van der Waals surface area contributed by atoms with E-state index in [1.54, 1.807) is 11.3 Å². The van der Waals surface area contributed by atoms with Gasteiger partial charge in [0.05, 0.1) is 0 Å². The van der Waals surface area contributed by atoms with Crippen molar-refractivity contribution in [2.45, 2.75) is 13.7 Å². The molecule has 1 rings (SSSR count). The largest absolute Gasteiger partial charge is 0.258 e. The third-order valence-corrected chi connectivity index (χ3v) is 1.91. The van der Waals surface area contributed by atoms with E-state index in [4.69, 9.17) is 0 Å². The fourth-order valence-corrected chi connectivity index (χ4v) is 1.18. The van der Waals surface area contributed by atoms with Gasteiger partial charge >= 0.3 is 0 Å². The normalized spacial score (nSPS) is 9.25. The highest BCUT2D eigenvalue weighted by Gasteiger charge is 1.92. The molecule has 1 aromatic rings. The molecular formula is C5H7BNS. The van der Waals surface area contributed by atoms with Crippen LogP contribution in [0.4, 0.5) is 0 Å². The molecule has 0 amide bonds. The van der Waals surface area contributed by atoms with Gasteiger partial charge in [-0.3, -0.25) is 4.98 Å². The summed E-state index contributed by atoms with van der Waals surface area (Å²) in [4.78, 5) is 5.31. The second-order valence-electron chi connectivity index (χ2n) is 1.62. The van der Waals surface area contributed by atoms with Crippen LogP contribution in [0.15, 0.2) is 5.38 Å². The number of thiazole rings is 1. The van der Waals surface area contributed by atoms with Crippen LogP contribution < -0.4 is 4.91 Å². The van der Waals surface area contributed by atoms with Gasteiger partial charge in [-0.15, -0.1) is 11.3 Å². The van der Waals surface area contributed by atoms with Gasteiger partial charge in [-0.05, 0) is 6.92 Å². The second kappa shape index (κ2) is 2.31. The van der Waals surface area contributed by atoms with Crippen molar-refractivity contribution in [1.29, 1.82) is 0 Å². The molecule has 41 valence electrons. The lowest BCUT2D eigenvalue weighted by Crippen LogP contribution is -2.07. The number of nitrogens with zero attached hydrogens (tertiary/aromatic N) is 1. The lowest BCUT2D eigenvalue weighted by molar-refractivity contribution is 1.29. The maximum absolute atomic E-state index is 4.19. The van der Waals surface area contributed by atoms with E-state index >= 15 is 0 Å². The predicted octanol–water partition coefficient (Wildman–Crippen LogP) is 0.829. The minimum Gasteiger partial charge on any atom is -0.258 e. The Morgan fingerprint density at radius 3 is 2.75 bits per heavy atom. The van der Waals surface area contributed by atoms with E-state index in [2.05, 4.69) is 10.4 Å². The summed E-state index contributed by atoms with van der Waals surface area (Å²) in [6.07, 6.45) is 0. The molecule has 0 saturated carbocycles. The maximum Gasteiger partial charge on any atom is 0.188 e. The van der Waals surface area contributed by atoms with Crippen molar-refractivity contribution < 1.29 is 0 Å². The topological polar surface area (TPSA) is 12.9 Å². The van der Waals surface area contributed by atoms with E-state index in [1.807, 2.05) is 21.0 Å². The van der Waals surface area contributed by atoms with E-state index < -0.39 is 0 Å². The van der Waals surface area contributed by atoms with E-state index in [9.17, 15) is 0 Å². The Hall–Kier alpha value is -0.305. The molecule has 0 unspecified atom stereocenters. The lowest BCUT2D eigenvalue weighted by Gasteiger charge is -1.77. The summed E-state index contributed by atoms with van der Waals surface area (Å²) in [7, 11) is 2.01. The second-order valence-corrected chi connectivity index (χ2v) is 2.51. The molecule has 1 radical (unpaired) electrons. The van der Waals surface area contributed by atoms with Gasteiger partial charge in [0.1, 0.15) is 0 Å². The van der Waals surface area contributed by atoms with Gasteiger partial charge < -0.3 is 0 Å². The summed E-state index contributed by atoms with van der Waals surface area (Å²) in [6, 6.07) is 0. The van der Waals surface area contributed by atoms with Gasteiger partial charge in [0.2, 0.25) is 0 Å². The molecule has 8 heavy (non-hydrogen) atoms. The average molecular weight is 124 g/mol. The number of aryl methyl sites for hydroxylation is 1. The molecule has 0 bridgehead atoms. The van der Waals surface area contributed by atoms with Crippen molar-refractivity contribution in [3.8, 4) is 0 Å². The monoisotopic (exact) mass is 124 g/mol. The summed E-state index contributed by atoms with van der Waals surface area (Å²) in [5.74, 6) is 0. The fraction of sp³-hybridized carbons (Fsp3) is 0.400. The highest BCUT2D eigenvalue weighted by Crippen LogP contribution is 1.94. The molecule has 0 N–H and O–H groups in total. The van der Waals surface area contributed by atoms with Gasteiger partial charge in [0.15, 0.2) is 7.28 Å². The predicted molar refractivity (Wildman–Crippen MR) is 38.1 cm³/mol. The van der Waals surface area contributed by atoms with Crippen LogP contribution in [-0.4, -0.2) is 12.3 Å². The molecule has 1 aromatic heterocycles. The Morgan fingerprint density at radius 2 is 2.50 bits per heavy atom. The summed E-state index contributed by atoms with van der Waals surface area (Å²) < 4.78 is 0. The first-order valence-electron chi connectivity index (χ1n) is 2.54. The van der Waals surface area contributed by atoms with Crippen LogP contribution in [0.5, 0.6) is 0 Å². The molecule has 0 spiro atoms. The van der Waals surface area contributed by atoms with Gasteiger partial charge in [0.25, 0.3) is 0 Å². The van der Waals surface area contributed by atoms with E-state index in [-0.39, 0.29) is 0 Å². The SMILES string of the molecule is C[B]c1nc(C)cs1. The van der Waals surface area contributed by atoms with Crippen LogP contribution >= 0.6 is 11.3 Å². The zero-order valence-electron chi connectivity index (χ0n) is 5.01. The maximum atomic E-state index is 4.19. The molecule has 0 atom stereocenters. The molecule has 0 aliphatic heterocycles. The molecule has 0 aliphatic rings. The highest BCUT2D eigenvalue weighted by atomic mass is 32.1. The highest BCUT2D eigenvalue weighted by molar-refractivity contribution is 7.19. The lowest BCUT2D eigenvalue weighted by atomic mass is 9.84. The van der Waals surface area contributed by atoms with Crippen LogP contribution in [0.3, 0.4) is 0 Å². The van der Waals surface area contributed by atoms with Crippen LogP contribution in [0.2, 0.25) is 6.82 Å². The minimum absolute atomic E-state index is 1.11. The first kappa shape index (κ1) is 5.82. The van der Waals surface area contributed by atoms with Crippen molar-refractivity contribution in [2.75, 3.05) is 0 Å². The van der Waals surface area contributed by atoms with Crippen molar-refractivity contribution in [2.24, 2.45) is 0 Å². The van der Waals surface area contributed by atoms with Crippen LogP contribution in [-0.2, 0) is 0 Å². The zero-order chi connectivity index (χ0) is 5.98. The molecule has 3 heteroatoms. The molecule has 1 nitrogen and oxygen atoms in total. The van der Waals surface area contributed by atoms with Crippen LogP contribution in [0.1, 0.15) is 5.69 Å². The fourth-order valence-electron chi connectivity index (χ4n) is 0.505. The molecule has 0 fully saturated rings. The average Bonchev–Trinajstić information content (AvgIpc) is 2.14. The Balaban J connectivity index is 2.84. The zero-order valence-corrected chi connectivity index (χ0v) is 5.83. The smallest absolute Gasteiger partial charge is 0.188 e. The Kier molecular flexibility index (Phi) is 1.68. The van der Waals surface area contributed by atoms with Gasteiger partial charge in [-0.25, -0.2) is 0 Å². The van der Waals surface area contributed by atoms with Crippen molar-refractivity contribution >= 4 is 23.5 Å². The molecule has 1 heterocycles. The Labute approximate surface area is 54.0 Å². The van der Waals surface area contributed by atoms with E-state index in [0.717, 1.165) is 10.6 Å². The van der Waals surface area contributed by atoms with Gasteiger partial charge in [-0.2, -0.15) is 0 Å². The first-order valence-corrected chi connectivity index (χ1v) is 3.42. The number of hydrogen-bond donors (Lipinski definition) is 0. The molecule has 0 aliphatic carbocycles. The summed E-state index contributed by atoms with van der Waals surface area (Å²) in [5.41, 5.74) is 1.11. The van der Waals surface area contributed by atoms with Gasteiger partial charge in [0, 0.05) is 16.0 Å². The van der Waals surface area contributed by atoms with Gasteiger partial charge in [-0.1, -0.05) is 6.82 Å². The molecule has 0 saturated heterocycles. The van der Waals surface area contributed by atoms with Crippen molar-refractivity contribution in [1.82, 2.24) is 4.98 Å².